The fraction of sp³-hybridized carbons (Fsp3) is 0.400. The third-order valence-corrected chi connectivity index (χ3v) is 7.58. The molecular formula is C20H18F3N3OS2. The fourth-order valence-electron chi connectivity index (χ4n) is 4.42. The second-order valence-electron chi connectivity index (χ2n) is 7.38. The van der Waals surface area contributed by atoms with E-state index in [1.165, 1.54) is 10.4 Å². The maximum atomic E-state index is 13.7. The topological polar surface area (TPSA) is 38.1 Å². The number of hydrogen-bond donors (Lipinski definition) is 0. The number of hydrogen-bond acceptors (Lipinski definition) is 5. The SMILES string of the molecule is O=c1c(C(F)(F)F)c2c(nn1CN1CCc3sccc3[C@@H]1c1cccs1)CCC2. The number of rotatable bonds is 3. The van der Waals surface area contributed by atoms with Crippen LogP contribution in [0.4, 0.5) is 13.2 Å². The minimum atomic E-state index is -4.66. The molecule has 0 saturated carbocycles. The van der Waals surface area contributed by atoms with Gasteiger partial charge >= 0.3 is 6.18 Å². The first kappa shape index (κ1) is 19.0. The van der Waals surface area contributed by atoms with Gasteiger partial charge in [0.05, 0.1) is 18.4 Å². The Morgan fingerprint density at radius 1 is 1.14 bits per heavy atom. The number of nitrogens with zero attached hydrogens (tertiary/aromatic N) is 3. The number of fused-ring (bicyclic) bond motifs is 2. The van der Waals surface area contributed by atoms with Crippen LogP contribution in [0.25, 0.3) is 0 Å². The second kappa shape index (κ2) is 7.07. The van der Waals surface area contributed by atoms with Gasteiger partial charge in [0.15, 0.2) is 0 Å². The van der Waals surface area contributed by atoms with Crippen LogP contribution >= 0.6 is 22.7 Å². The highest BCUT2D eigenvalue weighted by Crippen LogP contribution is 2.40. The van der Waals surface area contributed by atoms with Crippen LogP contribution in [0.2, 0.25) is 0 Å². The molecule has 3 aromatic heterocycles. The molecule has 0 radical (unpaired) electrons. The molecule has 0 N–H and O–H groups in total. The Bertz CT molecular complexity index is 1100. The Balaban J connectivity index is 1.58. The molecule has 4 heterocycles. The van der Waals surface area contributed by atoms with E-state index in [2.05, 4.69) is 21.4 Å². The summed E-state index contributed by atoms with van der Waals surface area (Å²) < 4.78 is 42.0. The molecule has 29 heavy (non-hydrogen) atoms. The zero-order chi connectivity index (χ0) is 20.2. The van der Waals surface area contributed by atoms with Crippen LogP contribution in [0.1, 0.15) is 44.6 Å². The van der Waals surface area contributed by atoms with Crippen LogP contribution in [-0.4, -0.2) is 21.2 Å². The highest BCUT2D eigenvalue weighted by molar-refractivity contribution is 7.10. The first-order valence-electron chi connectivity index (χ1n) is 9.47. The van der Waals surface area contributed by atoms with Crippen molar-refractivity contribution in [1.82, 2.24) is 14.7 Å². The van der Waals surface area contributed by atoms with Crippen molar-refractivity contribution >= 4 is 22.7 Å². The monoisotopic (exact) mass is 437 g/mol. The molecular weight excluding hydrogens is 419 g/mol. The van der Waals surface area contributed by atoms with E-state index in [4.69, 9.17) is 0 Å². The molecule has 1 atom stereocenters. The predicted octanol–water partition coefficient (Wildman–Crippen LogP) is 4.48. The first-order chi connectivity index (χ1) is 13.9. The molecule has 5 rings (SSSR count). The lowest BCUT2D eigenvalue weighted by Gasteiger charge is -2.35. The highest BCUT2D eigenvalue weighted by Gasteiger charge is 2.41. The molecule has 0 fully saturated rings. The summed E-state index contributed by atoms with van der Waals surface area (Å²) >= 11 is 3.32. The van der Waals surface area contributed by atoms with Gasteiger partial charge in [0, 0.05) is 16.3 Å². The first-order valence-corrected chi connectivity index (χ1v) is 11.2. The minimum Gasteiger partial charge on any atom is -0.272 e. The number of halogens is 3. The van der Waals surface area contributed by atoms with Crippen molar-refractivity contribution in [2.75, 3.05) is 6.54 Å². The van der Waals surface area contributed by atoms with E-state index < -0.39 is 17.3 Å². The Morgan fingerprint density at radius 3 is 2.76 bits per heavy atom. The van der Waals surface area contributed by atoms with Crippen LogP contribution in [0.5, 0.6) is 0 Å². The Labute approximate surface area is 173 Å². The molecule has 0 amide bonds. The van der Waals surface area contributed by atoms with E-state index in [0.29, 0.717) is 25.1 Å². The summed E-state index contributed by atoms with van der Waals surface area (Å²) in [5.74, 6) is 0. The van der Waals surface area contributed by atoms with Gasteiger partial charge in [-0.05, 0) is 59.7 Å². The maximum Gasteiger partial charge on any atom is 0.422 e. The summed E-state index contributed by atoms with van der Waals surface area (Å²) in [5.41, 5.74) is -0.376. The van der Waals surface area contributed by atoms with Crippen LogP contribution < -0.4 is 5.56 Å². The van der Waals surface area contributed by atoms with E-state index in [0.717, 1.165) is 16.0 Å². The summed E-state index contributed by atoms with van der Waals surface area (Å²) in [7, 11) is 0. The van der Waals surface area contributed by atoms with Crippen molar-refractivity contribution in [3.63, 3.8) is 0 Å². The molecule has 9 heteroatoms. The summed E-state index contributed by atoms with van der Waals surface area (Å²) in [6.45, 7) is 0.718. The summed E-state index contributed by atoms with van der Waals surface area (Å²) in [4.78, 5) is 17.3. The molecule has 0 saturated heterocycles. The predicted molar refractivity (Wildman–Crippen MR) is 106 cm³/mol. The Hall–Kier alpha value is -1.97. The second-order valence-corrected chi connectivity index (χ2v) is 9.36. The standard InChI is InChI=1S/C20H18F3N3OS2/c21-20(22,23)17-12-3-1-4-14(12)24-26(19(17)27)11-25-8-6-15-13(7-10-29-15)18(25)16-5-2-9-28-16/h2,5,7,9-10,18H,1,3-4,6,8,11H2/t18-/m1/s1. The lowest BCUT2D eigenvalue weighted by Crippen LogP contribution is -2.42. The van der Waals surface area contributed by atoms with E-state index in [9.17, 15) is 18.0 Å². The van der Waals surface area contributed by atoms with E-state index in [1.54, 1.807) is 22.7 Å². The fourth-order valence-corrected chi connectivity index (χ4v) is 6.20. The van der Waals surface area contributed by atoms with E-state index in [1.807, 2.05) is 17.5 Å². The Kier molecular flexibility index (Phi) is 4.64. The lowest BCUT2D eigenvalue weighted by molar-refractivity contribution is -0.139. The third-order valence-electron chi connectivity index (χ3n) is 5.66. The highest BCUT2D eigenvalue weighted by atomic mass is 32.1. The molecule has 0 bridgehead atoms. The van der Waals surface area contributed by atoms with Gasteiger partial charge in [-0.2, -0.15) is 18.3 Å². The number of aryl methyl sites for hydroxylation is 1. The van der Waals surface area contributed by atoms with E-state index in [-0.39, 0.29) is 24.7 Å². The van der Waals surface area contributed by atoms with Crippen LogP contribution in [0.15, 0.2) is 33.8 Å². The average molecular weight is 438 g/mol. The molecule has 1 aliphatic heterocycles. The van der Waals surface area contributed by atoms with Gasteiger partial charge in [0.1, 0.15) is 5.56 Å². The van der Waals surface area contributed by atoms with Gasteiger partial charge < -0.3 is 0 Å². The smallest absolute Gasteiger partial charge is 0.272 e. The molecule has 3 aromatic rings. The molecule has 1 aliphatic carbocycles. The zero-order valence-electron chi connectivity index (χ0n) is 15.4. The maximum absolute atomic E-state index is 13.7. The van der Waals surface area contributed by atoms with Gasteiger partial charge in [-0.3, -0.25) is 9.69 Å². The molecule has 152 valence electrons. The third kappa shape index (κ3) is 3.25. The van der Waals surface area contributed by atoms with Gasteiger partial charge in [-0.25, -0.2) is 4.68 Å². The summed E-state index contributed by atoms with van der Waals surface area (Å²) in [6.07, 6.45) is -2.48. The Morgan fingerprint density at radius 2 is 2.00 bits per heavy atom. The van der Waals surface area contributed by atoms with Crippen molar-refractivity contribution in [3.8, 4) is 0 Å². The summed E-state index contributed by atoms with van der Waals surface area (Å²) in [6, 6.07) is 6.02. The quantitative estimate of drug-likeness (QED) is 0.607. The average Bonchev–Trinajstić information content (AvgIpc) is 3.42. The van der Waals surface area contributed by atoms with Crippen molar-refractivity contribution in [3.05, 3.63) is 71.5 Å². The van der Waals surface area contributed by atoms with Crippen LogP contribution in [0.3, 0.4) is 0 Å². The number of alkyl halides is 3. The molecule has 0 unspecified atom stereocenters. The molecule has 0 spiro atoms. The van der Waals surface area contributed by atoms with Gasteiger partial charge in [0.25, 0.3) is 5.56 Å². The molecule has 2 aliphatic rings. The molecule has 4 nitrogen and oxygen atoms in total. The normalized spacial score (nSPS) is 19.3. The van der Waals surface area contributed by atoms with E-state index >= 15 is 0 Å². The van der Waals surface area contributed by atoms with Crippen molar-refractivity contribution in [1.29, 1.82) is 0 Å². The van der Waals surface area contributed by atoms with Crippen LogP contribution in [-0.2, 0) is 32.1 Å². The zero-order valence-corrected chi connectivity index (χ0v) is 17.0. The lowest BCUT2D eigenvalue weighted by atomic mass is 9.99. The number of thiophene rings is 2. The van der Waals surface area contributed by atoms with Gasteiger partial charge in [0.2, 0.25) is 0 Å². The van der Waals surface area contributed by atoms with Crippen molar-refractivity contribution < 1.29 is 13.2 Å². The largest absolute Gasteiger partial charge is 0.422 e. The van der Waals surface area contributed by atoms with Gasteiger partial charge in [-0.15, -0.1) is 22.7 Å². The number of aromatic nitrogens is 2. The molecule has 0 aromatic carbocycles. The van der Waals surface area contributed by atoms with Crippen molar-refractivity contribution in [2.45, 2.75) is 44.6 Å². The minimum absolute atomic E-state index is 0.0487. The summed E-state index contributed by atoms with van der Waals surface area (Å²) in [5, 5.41) is 8.40. The van der Waals surface area contributed by atoms with Gasteiger partial charge in [-0.1, -0.05) is 6.07 Å². The van der Waals surface area contributed by atoms with Crippen LogP contribution in [0, 0.1) is 0 Å². The van der Waals surface area contributed by atoms with Crippen molar-refractivity contribution in [2.24, 2.45) is 0 Å².